The molecule has 6 nitrogen and oxygen atoms in total. The Kier molecular flexibility index (Phi) is 4.83. The first kappa shape index (κ1) is 18.9. The fraction of sp³-hybridized carbons (Fsp3) is 0.217. The van der Waals surface area contributed by atoms with E-state index in [4.69, 9.17) is 4.98 Å². The summed E-state index contributed by atoms with van der Waals surface area (Å²) in [6.45, 7) is 4.83. The van der Waals surface area contributed by atoms with Crippen LogP contribution in [0.1, 0.15) is 5.56 Å². The zero-order chi connectivity index (χ0) is 20.7. The summed E-state index contributed by atoms with van der Waals surface area (Å²) in [7, 11) is 0. The van der Waals surface area contributed by atoms with E-state index in [2.05, 4.69) is 48.9 Å². The summed E-state index contributed by atoms with van der Waals surface area (Å²) in [6, 6.07) is 18.1. The molecule has 2 aromatic heterocycles. The maximum Gasteiger partial charge on any atom is 0.321 e. The maximum absolute atomic E-state index is 12.7. The molecule has 0 bridgehead atoms. The van der Waals surface area contributed by atoms with Crippen LogP contribution in [0.3, 0.4) is 0 Å². The zero-order valence-corrected chi connectivity index (χ0v) is 18.3. The van der Waals surface area contributed by atoms with Crippen LogP contribution in [0, 0.1) is 6.92 Å². The van der Waals surface area contributed by atoms with Crippen molar-refractivity contribution in [2.45, 2.75) is 6.92 Å². The molecule has 30 heavy (non-hydrogen) atoms. The average Bonchev–Trinajstić information content (AvgIpc) is 3.25. The van der Waals surface area contributed by atoms with E-state index in [0.717, 1.165) is 45.6 Å². The van der Waals surface area contributed by atoms with E-state index in [9.17, 15) is 4.79 Å². The summed E-state index contributed by atoms with van der Waals surface area (Å²) >= 11 is 3.55. The molecule has 5 rings (SSSR count). The van der Waals surface area contributed by atoms with Crippen LogP contribution >= 0.6 is 15.9 Å². The van der Waals surface area contributed by atoms with Gasteiger partial charge in [-0.1, -0.05) is 33.6 Å². The Hall–Kier alpha value is -3.06. The Bertz CT molecular complexity index is 1230. The topological polar surface area (TPSA) is 52.9 Å². The van der Waals surface area contributed by atoms with Crippen molar-refractivity contribution in [1.29, 1.82) is 0 Å². The number of hydrogen-bond acceptors (Lipinski definition) is 3. The van der Waals surface area contributed by atoms with Gasteiger partial charge in [-0.05, 0) is 49.4 Å². The molecule has 1 aliphatic rings. The molecular weight excluding hydrogens is 442 g/mol. The minimum absolute atomic E-state index is 0.0539. The molecule has 4 aromatic rings. The Morgan fingerprint density at radius 3 is 2.53 bits per heavy atom. The second-order valence-electron chi connectivity index (χ2n) is 7.60. The largest absolute Gasteiger partial charge is 0.351 e. The lowest BCUT2D eigenvalue weighted by Crippen LogP contribution is -2.50. The van der Waals surface area contributed by atoms with Gasteiger partial charge in [-0.15, -0.1) is 0 Å². The molecule has 0 spiro atoms. The normalized spacial score (nSPS) is 14.5. The molecule has 1 saturated heterocycles. The Morgan fingerprint density at radius 2 is 1.77 bits per heavy atom. The lowest BCUT2D eigenvalue weighted by molar-refractivity contribution is 0.208. The number of halogens is 1. The van der Waals surface area contributed by atoms with E-state index >= 15 is 0 Å². The lowest BCUT2D eigenvalue weighted by atomic mass is 10.2. The van der Waals surface area contributed by atoms with Crippen LogP contribution in [0.2, 0.25) is 0 Å². The van der Waals surface area contributed by atoms with Gasteiger partial charge in [0.15, 0.2) is 5.82 Å². The van der Waals surface area contributed by atoms with E-state index in [1.54, 1.807) is 0 Å². The third-order valence-electron chi connectivity index (χ3n) is 5.57. The Morgan fingerprint density at radius 1 is 1.00 bits per heavy atom. The number of rotatable bonds is 2. The van der Waals surface area contributed by atoms with Gasteiger partial charge in [0.2, 0.25) is 0 Å². The number of nitrogens with zero attached hydrogens (tertiary/aromatic N) is 4. The number of fused-ring (bicyclic) bond motifs is 3. The van der Waals surface area contributed by atoms with Crippen molar-refractivity contribution in [3.8, 4) is 0 Å². The summed E-state index contributed by atoms with van der Waals surface area (Å²) in [5, 5.41) is 2.99. The molecule has 7 heteroatoms. The van der Waals surface area contributed by atoms with Gasteiger partial charge >= 0.3 is 6.03 Å². The number of aromatic nitrogens is 2. The standard InChI is InChI=1S/C23H22BrN5O/c1-16-4-7-18(8-5-16)25-23(30)28-13-11-27(12-14-28)22-21-3-2-10-29(21)20-9-6-17(24)15-19(20)26-22/h2-10,15H,11-14H2,1H3,(H,25,30). The van der Waals surface area contributed by atoms with Crippen LogP contribution in [0.5, 0.6) is 0 Å². The van der Waals surface area contributed by atoms with Crippen molar-refractivity contribution in [3.63, 3.8) is 0 Å². The molecule has 1 fully saturated rings. The number of hydrogen-bond donors (Lipinski definition) is 1. The first-order valence-electron chi connectivity index (χ1n) is 10.0. The predicted molar refractivity (Wildman–Crippen MR) is 124 cm³/mol. The molecule has 0 saturated carbocycles. The minimum Gasteiger partial charge on any atom is -0.351 e. The van der Waals surface area contributed by atoms with Crippen molar-refractivity contribution in [3.05, 3.63) is 70.8 Å². The number of aryl methyl sites for hydroxylation is 1. The molecule has 0 atom stereocenters. The van der Waals surface area contributed by atoms with E-state index in [1.807, 2.05) is 54.3 Å². The average molecular weight is 464 g/mol. The molecule has 0 unspecified atom stereocenters. The molecule has 2 amide bonds. The van der Waals surface area contributed by atoms with Crippen molar-refractivity contribution in [2.75, 3.05) is 36.4 Å². The highest BCUT2D eigenvalue weighted by atomic mass is 79.9. The van der Waals surface area contributed by atoms with Gasteiger partial charge in [0.25, 0.3) is 0 Å². The van der Waals surface area contributed by atoms with Gasteiger partial charge in [-0.25, -0.2) is 9.78 Å². The second kappa shape index (κ2) is 7.65. The molecule has 0 radical (unpaired) electrons. The van der Waals surface area contributed by atoms with E-state index in [-0.39, 0.29) is 6.03 Å². The fourth-order valence-corrected chi connectivity index (χ4v) is 4.28. The van der Waals surface area contributed by atoms with Crippen LogP contribution in [0.25, 0.3) is 16.6 Å². The number of anilines is 2. The van der Waals surface area contributed by atoms with Crippen molar-refractivity contribution in [2.24, 2.45) is 0 Å². The summed E-state index contributed by atoms with van der Waals surface area (Å²) in [6.07, 6.45) is 2.07. The molecule has 1 N–H and O–H groups in total. The van der Waals surface area contributed by atoms with Gasteiger partial charge in [0, 0.05) is 42.5 Å². The molecule has 2 aromatic carbocycles. The van der Waals surface area contributed by atoms with Crippen molar-refractivity contribution < 1.29 is 4.79 Å². The van der Waals surface area contributed by atoms with Crippen LogP contribution < -0.4 is 10.2 Å². The number of carbonyl (C=O) groups excluding carboxylic acids is 1. The summed E-state index contributed by atoms with van der Waals surface area (Å²) in [4.78, 5) is 21.7. The maximum atomic E-state index is 12.7. The van der Waals surface area contributed by atoms with E-state index in [0.29, 0.717) is 13.1 Å². The minimum atomic E-state index is -0.0539. The predicted octanol–water partition coefficient (Wildman–Crippen LogP) is 4.91. The van der Waals surface area contributed by atoms with Gasteiger partial charge in [-0.2, -0.15) is 0 Å². The second-order valence-corrected chi connectivity index (χ2v) is 8.52. The van der Waals surface area contributed by atoms with E-state index < -0.39 is 0 Å². The number of urea groups is 1. The summed E-state index contributed by atoms with van der Waals surface area (Å²) in [5.74, 6) is 0.962. The molecular formula is C23H22BrN5O. The lowest BCUT2D eigenvalue weighted by Gasteiger charge is -2.35. The van der Waals surface area contributed by atoms with E-state index in [1.165, 1.54) is 5.56 Å². The van der Waals surface area contributed by atoms with Gasteiger partial charge in [0.05, 0.1) is 16.6 Å². The highest BCUT2D eigenvalue weighted by Gasteiger charge is 2.24. The van der Waals surface area contributed by atoms with Crippen molar-refractivity contribution >= 4 is 50.0 Å². The third kappa shape index (κ3) is 3.50. The number of nitrogens with one attached hydrogen (secondary N) is 1. The van der Waals surface area contributed by atoms with Gasteiger partial charge < -0.3 is 19.5 Å². The fourth-order valence-electron chi connectivity index (χ4n) is 3.93. The molecule has 152 valence electrons. The quantitative estimate of drug-likeness (QED) is 0.459. The first-order chi connectivity index (χ1) is 14.6. The van der Waals surface area contributed by atoms with Crippen LogP contribution in [-0.2, 0) is 0 Å². The first-order valence-corrected chi connectivity index (χ1v) is 10.8. The number of carbonyl (C=O) groups is 1. The van der Waals surface area contributed by atoms with Gasteiger partial charge in [-0.3, -0.25) is 0 Å². The highest BCUT2D eigenvalue weighted by molar-refractivity contribution is 9.10. The van der Waals surface area contributed by atoms with Gasteiger partial charge in [0.1, 0.15) is 0 Å². The van der Waals surface area contributed by atoms with Crippen LogP contribution in [-0.4, -0.2) is 46.5 Å². The molecule has 1 aliphatic heterocycles. The summed E-state index contributed by atoms with van der Waals surface area (Å²) in [5.41, 5.74) is 5.11. The number of benzene rings is 2. The SMILES string of the molecule is Cc1ccc(NC(=O)N2CCN(c3nc4cc(Br)ccc4n4cccc34)CC2)cc1. The highest BCUT2D eigenvalue weighted by Crippen LogP contribution is 2.28. The Balaban J connectivity index is 1.35. The number of amides is 2. The smallest absolute Gasteiger partial charge is 0.321 e. The molecule has 0 aliphatic carbocycles. The zero-order valence-electron chi connectivity index (χ0n) is 16.7. The Labute approximate surface area is 183 Å². The monoisotopic (exact) mass is 463 g/mol. The summed E-state index contributed by atoms with van der Waals surface area (Å²) < 4.78 is 3.19. The molecule has 3 heterocycles. The van der Waals surface area contributed by atoms with Crippen molar-refractivity contribution in [1.82, 2.24) is 14.3 Å². The van der Waals surface area contributed by atoms with Crippen LogP contribution in [0.4, 0.5) is 16.3 Å². The van der Waals surface area contributed by atoms with Crippen LogP contribution in [0.15, 0.2) is 65.3 Å². The number of piperazine rings is 1. The third-order valence-corrected chi connectivity index (χ3v) is 6.06.